The van der Waals surface area contributed by atoms with Crippen LogP contribution in [0.2, 0.25) is 0 Å². The number of amides is 3. The second-order valence-electron chi connectivity index (χ2n) is 11.1. The fourth-order valence-corrected chi connectivity index (χ4v) is 6.50. The molecular weight excluding hydrogens is 436 g/mol. The number of benzene rings is 2. The molecule has 2 saturated carbocycles. The summed E-state index contributed by atoms with van der Waals surface area (Å²) in [4.78, 5) is 31.9. The van der Waals surface area contributed by atoms with Crippen molar-refractivity contribution in [2.75, 3.05) is 27.2 Å². The van der Waals surface area contributed by atoms with Crippen LogP contribution in [0, 0.1) is 5.92 Å². The Balaban J connectivity index is 1.38. The molecule has 6 heteroatoms. The van der Waals surface area contributed by atoms with Crippen LogP contribution in [0.15, 0.2) is 54.6 Å². The van der Waals surface area contributed by atoms with Crippen molar-refractivity contribution in [1.29, 1.82) is 0 Å². The minimum absolute atomic E-state index is 0.00963. The summed E-state index contributed by atoms with van der Waals surface area (Å²) < 4.78 is 0. The highest BCUT2D eigenvalue weighted by Crippen LogP contribution is 2.49. The molecule has 1 aliphatic heterocycles. The first-order valence-corrected chi connectivity index (χ1v) is 13.0. The molecule has 2 N–H and O–H groups in total. The fourth-order valence-electron chi connectivity index (χ4n) is 6.50. The molecule has 0 aromatic heterocycles. The monoisotopic (exact) mass is 474 g/mol. The minimum Gasteiger partial charge on any atom is -0.366 e. The number of hydrogen-bond donors (Lipinski definition) is 1. The summed E-state index contributed by atoms with van der Waals surface area (Å²) in [6, 6.07) is 18.4. The van der Waals surface area contributed by atoms with Gasteiger partial charge in [-0.2, -0.15) is 0 Å². The van der Waals surface area contributed by atoms with Crippen LogP contribution in [-0.2, 0) is 12.1 Å². The van der Waals surface area contributed by atoms with Crippen LogP contribution in [0.25, 0.3) is 0 Å². The predicted molar refractivity (Wildman–Crippen MR) is 138 cm³/mol. The largest absolute Gasteiger partial charge is 0.366 e. The number of nitrogens with zero attached hydrogens (tertiary/aromatic N) is 3. The molecule has 0 atom stereocenters. The molecule has 3 aliphatic rings. The van der Waals surface area contributed by atoms with Gasteiger partial charge in [0.25, 0.3) is 0 Å². The van der Waals surface area contributed by atoms with E-state index in [2.05, 4.69) is 54.2 Å². The van der Waals surface area contributed by atoms with Gasteiger partial charge in [-0.05, 0) is 81.8 Å². The van der Waals surface area contributed by atoms with Crippen LogP contribution in [0.3, 0.4) is 0 Å². The molecule has 1 heterocycles. The van der Waals surface area contributed by atoms with Crippen LogP contribution in [-0.4, -0.2) is 59.4 Å². The van der Waals surface area contributed by atoms with Gasteiger partial charge in [-0.3, -0.25) is 9.69 Å². The minimum atomic E-state index is -0.426. The van der Waals surface area contributed by atoms with E-state index in [4.69, 9.17) is 5.73 Å². The third-order valence-electron chi connectivity index (χ3n) is 9.01. The summed E-state index contributed by atoms with van der Waals surface area (Å²) in [5, 5.41) is 0. The normalized spacial score (nSPS) is 27.0. The Kier molecular flexibility index (Phi) is 6.34. The third kappa shape index (κ3) is 4.33. The number of nitrogens with two attached hydrogens (primary N) is 1. The molecule has 2 aromatic rings. The molecule has 2 aliphatic carbocycles. The van der Waals surface area contributed by atoms with Gasteiger partial charge in [-0.15, -0.1) is 0 Å². The Bertz CT molecular complexity index is 1050. The third-order valence-corrected chi connectivity index (χ3v) is 9.01. The maximum absolute atomic E-state index is 13.8. The van der Waals surface area contributed by atoms with E-state index >= 15 is 0 Å². The van der Waals surface area contributed by atoms with E-state index in [1.807, 2.05) is 17.0 Å². The van der Waals surface area contributed by atoms with E-state index in [9.17, 15) is 9.59 Å². The van der Waals surface area contributed by atoms with Crippen molar-refractivity contribution in [2.45, 2.75) is 62.6 Å². The molecule has 3 amide bonds. The lowest BCUT2D eigenvalue weighted by atomic mass is 9.68. The Morgan fingerprint density at radius 3 is 2.20 bits per heavy atom. The van der Waals surface area contributed by atoms with Crippen molar-refractivity contribution in [3.05, 3.63) is 71.3 Å². The summed E-state index contributed by atoms with van der Waals surface area (Å²) in [7, 11) is 4.39. The molecule has 186 valence electrons. The van der Waals surface area contributed by atoms with Crippen molar-refractivity contribution >= 4 is 11.9 Å². The molecule has 2 aromatic carbocycles. The van der Waals surface area contributed by atoms with Crippen molar-refractivity contribution in [1.82, 2.24) is 14.7 Å². The van der Waals surface area contributed by atoms with Gasteiger partial charge in [0.05, 0.1) is 5.54 Å². The molecule has 0 radical (unpaired) electrons. The highest BCUT2D eigenvalue weighted by molar-refractivity contribution is 5.92. The standard InChI is InChI=1S/C29H38N4O2/c1-31(2)29(25-9-4-3-5-10-25)17-15-28(16-18-29)21-32(27(35)33(28)20-22-7-6-8-22)19-23-11-13-24(14-12-23)26(30)34/h3-5,9-14,22H,6-8,15-21H2,1-2H3,(H2,30,34)/t28-,29-. The van der Waals surface area contributed by atoms with E-state index in [1.54, 1.807) is 12.1 Å². The Hall–Kier alpha value is -2.86. The first-order chi connectivity index (χ1) is 16.8. The first-order valence-electron chi connectivity index (χ1n) is 13.0. The zero-order valence-electron chi connectivity index (χ0n) is 21.1. The van der Waals surface area contributed by atoms with Crippen LogP contribution < -0.4 is 5.73 Å². The van der Waals surface area contributed by atoms with E-state index in [1.165, 1.54) is 24.8 Å². The zero-order chi connectivity index (χ0) is 24.6. The number of carbonyl (C=O) groups excluding carboxylic acids is 2. The second-order valence-corrected chi connectivity index (χ2v) is 11.1. The zero-order valence-corrected chi connectivity index (χ0v) is 21.1. The van der Waals surface area contributed by atoms with E-state index in [0.29, 0.717) is 18.0 Å². The predicted octanol–water partition coefficient (Wildman–Crippen LogP) is 4.59. The van der Waals surface area contributed by atoms with E-state index in [-0.39, 0.29) is 17.1 Å². The van der Waals surface area contributed by atoms with Gasteiger partial charge in [-0.25, -0.2) is 4.79 Å². The number of carbonyl (C=O) groups is 2. The van der Waals surface area contributed by atoms with Gasteiger partial charge in [0.2, 0.25) is 5.91 Å². The highest BCUT2D eigenvalue weighted by atomic mass is 16.2. The van der Waals surface area contributed by atoms with Gasteiger partial charge in [-0.1, -0.05) is 48.9 Å². The Morgan fingerprint density at radius 2 is 1.66 bits per heavy atom. The maximum Gasteiger partial charge on any atom is 0.320 e. The average molecular weight is 475 g/mol. The number of hydrogen-bond acceptors (Lipinski definition) is 3. The highest BCUT2D eigenvalue weighted by Gasteiger charge is 2.54. The van der Waals surface area contributed by atoms with Gasteiger partial charge in [0.15, 0.2) is 0 Å². The van der Waals surface area contributed by atoms with E-state index in [0.717, 1.165) is 44.3 Å². The topological polar surface area (TPSA) is 69.9 Å². The van der Waals surface area contributed by atoms with Gasteiger partial charge in [0, 0.05) is 30.7 Å². The second kappa shape index (κ2) is 9.30. The summed E-state index contributed by atoms with van der Waals surface area (Å²) in [6.07, 6.45) is 7.86. The Labute approximate surface area is 209 Å². The van der Waals surface area contributed by atoms with Crippen LogP contribution in [0.1, 0.15) is 66.4 Å². The lowest BCUT2D eigenvalue weighted by Gasteiger charge is -2.51. The van der Waals surface area contributed by atoms with E-state index < -0.39 is 5.91 Å². The molecule has 35 heavy (non-hydrogen) atoms. The van der Waals surface area contributed by atoms with Crippen molar-refractivity contribution < 1.29 is 9.59 Å². The summed E-state index contributed by atoms with van der Waals surface area (Å²) in [5.41, 5.74) is 8.21. The molecule has 0 bridgehead atoms. The molecule has 3 fully saturated rings. The summed E-state index contributed by atoms with van der Waals surface area (Å²) in [6.45, 7) is 2.23. The quantitative estimate of drug-likeness (QED) is 0.638. The SMILES string of the molecule is CN(C)[C@]1(c2ccccc2)CC[C@@]2(CC1)CN(Cc1ccc(C(N)=O)cc1)C(=O)N2CC1CCC1. The fraction of sp³-hybridized carbons (Fsp3) is 0.517. The van der Waals surface area contributed by atoms with Crippen LogP contribution >= 0.6 is 0 Å². The number of rotatable bonds is 7. The number of primary amides is 1. The van der Waals surface area contributed by atoms with Gasteiger partial charge < -0.3 is 15.5 Å². The van der Waals surface area contributed by atoms with Gasteiger partial charge >= 0.3 is 6.03 Å². The van der Waals surface area contributed by atoms with Crippen LogP contribution in [0.5, 0.6) is 0 Å². The average Bonchev–Trinajstić information content (AvgIpc) is 3.07. The van der Waals surface area contributed by atoms with Crippen molar-refractivity contribution in [2.24, 2.45) is 11.7 Å². The number of urea groups is 1. The molecule has 5 rings (SSSR count). The smallest absolute Gasteiger partial charge is 0.320 e. The first kappa shape index (κ1) is 23.9. The molecule has 6 nitrogen and oxygen atoms in total. The summed E-state index contributed by atoms with van der Waals surface area (Å²) >= 11 is 0. The lowest BCUT2D eigenvalue weighted by Crippen LogP contribution is -2.56. The van der Waals surface area contributed by atoms with Gasteiger partial charge in [0.1, 0.15) is 0 Å². The Morgan fingerprint density at radius 1 is 1.00 bits per heavy atom. The molecule has 1 saturated heterocycles. The van der Waals surface area contributed by atoms with Crippen molar-refractivity contribution in [3.8, 4) is 0 Å². The molecule has 1 spiro atoms. The molecule has 0 unspecified atom stereocenters. The maximum atomic E-state index is 13.8. The lowest BCUT2D eigenvalue weighted by molar-refractivity contribution is 0.0159. The summed E-state index contributed by atoms with van der Waals surface area (Å²) in [5.74, 6) is 0.213. The van der Waals surface area contributed by atoms with Crippen molar-refractivity contribution in [3.63, 3.8) is 0 Å². The molecular formula is C29H38N4O2. The van der Waals surface area contributed by atoms with Crippen LogP contribution in [0.4, 0.5) is 4.79 Å².